The summed E-state index contributed by atoms with van der Waals surface area (Å²) in [6.07, 6.45) is 1.70. The number of nitrogens with one attached hydrogen (secondary N) is 2. The Morgan fingerprint density at radius 3 is 2.34 bits per heavy atom. The first-order chi connectivity index (χ1) is 33.3. The van der Waals surface area contributed by atoms with Crippen LogP contribution >= 0.6 is 11.6 Å². The molecule has 1 aliphatic carbocycles. The number of aromatic nitrogens is 2. The molecule has 18 heteroatoms. The lowest BCUT2D eigenvalue weighted by Crippen LogP contribution is -2.49. The Labute approximate surface area is 402 Å². The Morgan fingerprint density at radius 2 is 1.65 bits per heavy atom. The molecule has 68 heavy (non-hydrogen) atoms. The maximum atomic E-state index is 13.9. The Morgan fingerprint density at radius 1 is 0.941 bits per heavy atom. The highest BCUT2D eigenvalue weighted by Crippen LogP contribution is 2.43. The summed E-state index contributed by atoms with van der Waals surface area (Å²) in [6.45, 7) is 4.01. The number of nitrogens with two attached hydrogens (primary N) is 1. The molecule has 0 radical (unpaired) electrons. The van der Waals surface area contributed by atoms with Gasteiger partial charge in [-0.15, -0.1) is 0 Å². The molecule has 4 heterocycles. The number of carbonyl (C=O) groups excluding carboxylic acids is 4. The van der Waals surface area contributed by atoms with E-state index in [0.717, 1.165) is 56.2 Å². The molecule has 4 aromatic rings. The van der Waals surface area contributed by atoms with Gasteiger partial charge in [-0.25, -0.2) is 14.8 Å². The first kappa shape index (κ1) is 46.1. The number of likely N-dealkylation sites (tertiary alicyclic amines) is 2. The molecule has 5 amide bonds. The number of piperidine rings is 2. The van der Waals surface area contributed by atoms with Crippen LogP contribution in [0.5, 0.6) is 5.75 Å². The third-order valence-corrected chi connectivity index (χ3v) is 14.3. The zero-order valence-corrected chi connectivity index (χ0v) is 39.3. The smallest absolute Gasteiger partial charge is 0.416 e. The number of aryl methyl sites for hydroxylation is 1. The number of carbonyl (C=O) groups is 4. The van der Waals surface area contributed by atoms with Gasteiger partial charge < -0.3 is 30.3 Å². The minimum Gasteiger partial charge on any atom is -0.496 e. The summed E-state index contributed by atoms with van der Waals surface area (Å²) in [7, 11) is 1.61. The summed E-state index contributed by atoms with van der Waals surface area (Å²) in [4.78, 5) is 65.7. The molecule has 4 aliphatic rings. The average Bonchev–Trinajstić information content (AvgIpc) is 3.33. The number of hydrogen-bond acceptors (Lipinski definition) is 10. The molecule has 3 aromatic carbocycles. The topological polar surface area (TPSA) is 172 Å². The van der Waals surface area contributed by atoms with Crippen LogP contribution < -0.4 is 26.0 Å². The van der Waals surface area contributed by atoms with E-state index in [2.05, 4.69) is 20.6 Å². The van der Waals surface area contributed by atoms with Crippen LogP contribution in [0.15, 0.2) is 48.5 Å². The molecule has 364 valence electrons. The van der Waals surface area contributed by atoms with E-state index in [-0.39, 0.29) is 59.8 Å². The molecule has 3 aliphatic heterocycles. The predicted octanol–water partition coefficient (Wildman–Crippen LogP) is 9.29. The van der Waals surface area contributed by atoms with Crippen molar-refractivity contribution >= 4 is 63.4 Å². The third-order valence-electron chi connectivity index (χ3n) is 14.0. The van der Waals surface area contributed by atoms with Crippen LogP contribution in [-0.2, 0) is 20.5 Å². The fourth-order valence-electron chi connectivity index (χ4n) is 10.1. The van der Waals surface area contributed by atoms with Crippen molar-refractivity contribution in [3.8, 4) is 5.75 Å². The van der Waals surface area contributed by atoms with Gasteiger partial charge in [0.25, 0.3) is 5.91 Å². The highest BCUT2D eigenvalue weighted by molar-refractivity contribution is 6.34. The van der Waals surface area contributed by atoms with E-state index in [0.29, 0.717) is 96.5 Å². The molecule has 1 atom stereocenters. The summed E-state index contributed by atoms with van der Waals surface area (Å²) in [5, 5.41) is 6.57. The second-order valence-corrected chi connectivity index (χ2v) is 18.9. The molecule has 4 N–H and O–H groups in total. The number of fused-ring (bicyclic) bond motifs is 1. The lowest BCUT2D eigenvalue weighted by atomic mass is 9.77. The second-order valence-electron chi connectivity index (χ2n) is 18.5. The van der Waals surface area contributed by atoms with Crippen LogP contribution in [0.4, 0.5) is 35.2 Å². The second kappa shape index (κ2) is 20.9. The van der Waals surface area contributed by atoms with E-state index in [9.17, 15) is 32.3 Å². The SMILES string of the molecule is [2H]C([2H])(OCCC1CCN(C(=O)C2CCC(c3cc4c(N[C@H](C)c5cc(N)cc(C(F)(F)F)c5)nc(C)nc4cc3OC)CC2)CC1)C1CCN(C(=O)c2ccc(Cl)c(N3CCC(=O)NC3=O)c2)CC1. The Kier molecular flexibility index (Phi) is 14.2. The van der Waals surface area contributed by atoms with Crippen molar-refractivity contribution in [2.45, 2.75) is 96.2 Å². The van der Waals surface area contributed by atoms with Gasteiger partial charge in [-0.2, -0.15) is 13.2 Å². The van der Waals surface area contributed by atoms with Gasteiger partial charge in [-0.1, -0.05) is 11.6 Å². The number of hydrogen-bond donors (Lipinski definition) is 3. The maximum Gasteiger partial charge on any atom is 0.416 e. The Hall–Kier alpha value is -5.68. The van der Waals surface area contributed by atoms with E-state index in [1.807, 2.05) is 17.0 Å². The number of alkyl halides is 3. The molecule has 14 nitrogen and oxygen atoms in total. The van der Waals surface area contributed by atoms with Crippen molar-refractivity contribution in [2.24, 2.45) is 17.8 Å². The van der Waals surface area contributed by atoms with Gasteiger partial charge in [0.05, 0.1) is 37.7 Å². The Bertz CT molecular complexity index is 2620. The maximum absolute atomic E-state index is 13.9. The van der Waals surface area contributed by atoms with Gasteiger partial charge in [0.2, 0.25) is 11.8 Å². The largest absolute Gasteiger partial charge is 0.496 e. The number of halogens is 4. The van der Waals surface area contributed by atoms with E-state index in [1.54, 1.807) is 44.1 Å². The van der Waals surface area contributed by atoms with Gasteiger partial charge >= 0.3 is 12.2 Å². The number of rotatable bonds is 13. The number of amides is 5. The summed E-state index contributed by atoms with van der Waals surface area (Å²) in [5.41, 5.74) is 7.73. The zero-order valence-electron chi connectivity index (χ0n) is 40.6. The number of anilines is 3. The summed E-state index contributed by atoms with van der Waals surface area (Å²) in [5.74, 6) is 1.12. The molecule has 1 saturated carbocycles. The molecule has 3 saturated heterocycles. The molecule has 8 rings (SSSR count). The van der Waals surface area contributed by atoms with Gasteiger partial charge in [0.15, 0.2) is 0 Å². The van der Waals surface area contributed by atoms with Gasteiger partial charge in [0.1, 0.15) is 17.4 Å². The lowest BCUT2D eigenvalue weighted by Gasteiger charge is -2.36. The quantitative estimate of drug-likeness (QED) is 0.110. The molecule has 0 bridgehead atoms. The van der Waals surface area contributed by atoms with Crippen molar-refractivity contribution in [3.63, 3.8) is 0 Å². The molecule has 4 fully saturated rings. The first-order valence-electron chi connectivity index (χ1n) is 24.5. The summed E-state index contributed by atoms with van der Waals surface area (Å²) < 4.78 is 70.1. The number of benzene rings is 3. The van der Waals surface area contributed by atoms with Crippen molar-refractivity contribution < 1.29 is 44.6 Å². The van der Waals surface area contributed by atoms with Crippen LogP contribution in [0.3, 0.4) is 0 Å². The number of nitrogens with zero attached hydrogens (tertiary/aromatic N) is 5. The van der Waals surface area contributed by atoms with Crippen molar-refractivity contribution in [3.05, 3.63) is 81.6 Å². The van der Waals surface area contributed by atoms with Crippen LogP contribution in [0.25, 0.3) is 10.9 Å². The third kappa shape index (κ3) is 11.3. The fourth-order valence-corrected chi connectivity index (χ4v) is 10.3. The fraction of sp³-hybridized carbons (Fsp3) is 0.520. The normalized spacial score (nSPS) is 21.0. The van der Waals surface area contributed by atoms with Crippen molar-refractivity contribution in [2.75, 3.05) is 68.9 Å². The first-order valence-corrected chi connectivity index (χ1v) is 23.9. The van der Waals surface area contributed by atoms with Crippen molar-refractivity contribution in [1.29, 1.82) is 0 Å². The number of urea groups is 1. The number of methoxy groups -OCH3 is 1. The zero-order chi connectivity index (χ0) is 50.1. The standard InChI is InChI=1S/C50H60ClF3N8O6/c1-29(36-22-37(50(52,53)54)25-38(55)23-36)56-46-40-26-39(44(67-3)27-42(40)57-30(2)58-46)33-4-6-34(7-5-33)47(64)60-16-10-31(11-17-60)15-21-68-28-32-12-18-61(19-13-32)48(65)35-8-9-41(51)43(24-35)62-20-14-45(63)59-49(62)66/h8-9,22-27,29,31-34H,4-7,10-21,28,55H2,1-3H3,(H,56,57,58)(H,59,63,66)/t29-,33?,34?/m1/s1/i28D2. The van der Waals surface area contributed by atoms with E-state index < -0.39 is 36.3 Å². The number of nitrogen functional groups attached to an aromatic ring is 1. The molecular weight excluding hydrogens is 901 g/mol. The van der Waals surface area contributed by atoms with Crippen molar-refractivity contribution in [1.82, 2.24) is 25.1 Å². The van der Waals surface area contributed by atoms with Crippen LogP contribution in [0.1, 0.15) is 119 Å². The minimum absolute atomic E-state index is 0.0160. The molecule has 0 spiro atoms. The van der Waals surface area contributed by atoms with E-state index in [4.69, 9.17) is 29.5 Å². The summed E-state index contributed by atoms with van der Waals surface area (Å²) in [6, 6.07) is 11.0. The number of imide groups is 1. The van der Waals surface area contributed by atoms with E-state index >= 15 is 0 Å². The highest BCUT2D eigenvalue weighted by Gasteiger charge is 2.35. The predicted molar refractivity (Wildman–Crippen MR) is 254 cm³/mol. The minimum atomic E-state index is -4.54. The van der Waals surface area contributed by atoms with Gasteiger partial charge in [-0.05, 0) is 143 Å². The van der Waals surface area contributed by atoms with Crippen LogP contribution in [0.2, 0.25) is 5.02 Å². The van der Waals surface area contributed by atoms with E-state index in [1.165, 1.54) is 11.0 Å². The molecule has 1 aromatic heterocycles. The van der Waals surface area contributed by atoms with Gasteiger partial charge in [0, 0.05) is 80.9 Å². The summed E-state index contributed by atoms with van der Waals surface area (Å²) >= 11 is 6.38. The molecular formula is C50H60ClF3N8O6. The van der Waals surface area contributed by atoms with Gasteiger partial charge in [-0.3, -0.25) is 24.6 Å². The molecule has 0 unspecified atom stereocenters. The Balaban J connectivity index is 0.791. The highest BCUT2D eigenvalue weighted by atomic mass is 35.5. The average molecular weight is 964 g/mol. The van der Waals surface area contributed by atoms with Crippen LogP contribution in [0, 0.1) is 24.7 Å². The monoisotopic (exact) mass is 962 g/mol. The van der Waals surface area contributed by atoms with Crippen LogP contribution in [-0.4, -0.2) is 96.5 Å². The number of ether oxygens (including phenoxy) is 2. The lowest BCUT2D eigenvalue weighted by molar-refractivity contribution is -0.138.